The number of hydrogen-bond donors (Lipinski definition) is 2. The van der Waals surface area contributed by atoms with Crippen LogP contribution >= 0.6 is 15.9 Å². The molecule has 1 aromatic carbocycles. The third kappa shape index (κ3) is 3.03. The average molecular weight is 308 g/mol. The summed E-state index contributed by atoms with van der Waals surface area (Å²) in [6.07, 6.45) is -0.613. The lowest BCUT2D eigenvalue weighted by Crippen LogP contribution is -2.33. The Bertz CT molecular complexity index is 483. The van der Waals surface area contributed by atoms with Gasteiger partial charge in [-0.15, -0.1) is 0 Å². The zero-order valence-electron chi connectivity index (χ0n) is 8.13. The second-order valence-corrected chi connectivity index (χ2v) is 6.22. The summed E-state index contributed by atoms with van der Waals surface area (Å²) in [4.78, 5) is 10.4. The molecule has 7 heteroatoms. The Kier molecular flexibility index (Phi) is 4.06. The molecule has 0 heterocycles. The second-order valence-electron chi connectivity index (χ2n) is 3.14. The number of halogens is 1. The number of carboxylic acid groups (broad SMARTS) is 1. The minimum atomic E-state index is -3.77. The van der Waals surface area contributed by atoms with E-state index in [-0.39, 0.29) is 4.90 Å². The molecular weight excluding hydrogens is 298 g/mol. The fraction of sp³-hybridized carbons (Fsp3) is 0.222. The van der Waals surface area contributed by atoms with Gasteiger partial charge in [-0.3, -0.25) is 4.79 Å². The minimum absolute atomic E-state index is 0.0180. The van der Waals surface area contributed by atoms with Crippen molar-refractivity contribution in [3.63, 3.8) is 0 Å². The zero-order chi connectivity index (χ0) is 12.3. The predicted octanol–water partition coefficient (Wildman–Crippen LogP) is 0.982. The summed E-state index contributed by atoms with van der Waals surface area (Å²) in [6.45, 7) is 0. The molecule has 5 nitrogen and oxygen atoms in total. The molecule has 0 radical (unpaired) electrons. The molecule has 16 heavy (non-hydrogen) atoms. The lowest BCUT2D eigenvalue weighted by molar-refractivity contribution is -0.137. The van der Waals surface area contributed by atoms with Crippen molar-refractivity contribution < 1.29 is 18.3 Å². The third-order valence-corrected chi connectivity index (χ3v) is 4.34. The fourth-order valence-electron chi connectivity index (χ4n) is 1.08. The van der Waals surface area contributed by atoms with Gasteiger partial charge >= 0.3 is 5.97 Å². The van der Waals surface area contributed by atoms with Crippen LogP contribution in [0.2, 0.25) is 0 Å². The first-order valence-electron chi connectivity index (χ1n) is 4.31. The number of rotatable bonds is 4. The molecule has 0 spiro atoms. The van der Waals surface area contributed by atoms with E-state index in [1.165, 1.54) is 12.1 Å². The van der Waals surface area contributed by atoms with E-state index in [1.807, 2.05) is 0 Å². The van der Waals surface area contributed by atoms with Crippen molar-refractivity contribution in [2.75, 3.05) is 0 Å². The number of aliphatic carboxylic acids is 1. The first-order chi connectivity index (χ1) is 7.34. The molecule has 1 atom stereocenters. The molecular formula is C9H10BrNO4S. The van der Waals surface area contributed by atoms with Gasteiger partial charge in [-0.25, -0.2) is 8.42 Å². The lowest BCUT2D eigenvalue weighted by Gasteiger charge is -2.10. The Morgan fingerprint density at radius 1 is 1.38 bits per heavy atom. The summed E-state index contributed by atoms with van der Waals surface area (Å²) < 4.78 is 24.3. The Labute approximate surface area is 101 Å². The highest BCUT2D eigenvalue weighted by atomic mass is 79.9. The van der Waals surface area contributed by atoms with Crippen molar-refractivity contribution in [1.82, 2.24) is 0 Å². The first kappa shape index (κ1) is 13.1. The van der Waals surface area contributed by atoms with E-state index < -0.39 is 27.6 Å². The number of nitrogens with two attached hydrogens (primary N) is 1. The molecule has 0 fully saturated rings. The second kappa shape index (κ2) is 4.94. The zero-order valence-corrected chi connectivity index (χ0v) is 10.5. The molecule has 0 aliphatic carbocycles. The van der Waals surface area contributed by atoms with Gasteiger partial charge in [0.1, 0.15) is 5.37 Å². The quantitative estimate of drug-likeness (QED) is 0.864. The highest BCUT2D eigenvalue weighted by Crippen LogP contribution is 2.18. The first-order valence-corrected chi connectivity index (χ1v) is 6.65. The minimum Gasteiger partial charge on any atom is -0.481 e. The maximum absolute atomic E-state index is 11.8. The van der Waals surface area contributed by atoms with Crippen LogP contribution in [-0.2, 0) is 14.6 Å². The van der Waals surface area contributed by atoms with Gasteiger partial charge in [-0.05, 0) is 24.3 Å². The van der Waals surface area contributed by atoms with Crippen molar-refractivity contribution >= 4 is 31.7 Å². The van der Waals surface area contributed by atoms with Gasteiger partial charge in [0.15, 0.2) is 9.84 Å². The van der Waals surface area contributed by atoms with Gasteiger partial charge in [0.2, 0.25) is 0 Å². The molecule has 0 aromatic heterocycles. The van der Waals surface area contributed by atoms with Crippen LogP contribution in [0.15, 0.2) is 33.6 Å². The smallest absolute Gasteiger partial charge is 0.306 e. The topological polar surface area (TPSA) is 97.5 Å². The average Bonchev–Trinajstić information content (AvgIpc) is 2.17. The predicted molar refractivity (Wildman–Crippen MR) is 61.6 cm³/mol. The van der Waals surface area contributed by atoms with Crippen LogP contribution in [0.25, 0.3) is 0 Å². The number of carboxylic acids is 1. The maximum Gasteiger partial charge on any atom is 0.306 e. The molecule has 3 N–H and O–H groups in total. The Balaban J connectivity index is 3.02. The Morgan fingerprint density at radius 2 is 1.88 bits per heavy atom. The number of carbonyl (C=O) groups is 1. The Hall–Kier alpha value is -0.920. The standard InChI is InChI=1S/C9H10BrNO4S/c10-6-1-3-7(4-2-6)16(14,15)8(11)5-9(12)13/h1-4,8H,5,11H2,(H,12,13). The van der Waals surface area contributed by atoms with E-state index >= 15 is 0 Å². The normalized spacial score (nSPS) is 13.4. The number of hydrogen-bond acceptors (Lipinski definition) is 4. The molecule has 0 saturated carbocycles. The number of benzene rings is 1. The van der Waals surface area contributed by atoms with E-state index in [9.17, 15) is 13.2 Å². The van der Waals surface area contributed by atoms with Crippen molar-refractivity contribution in [1.29, 1.82) is 0 Å². The molecule has 1 aromatic rings. The van der Waals surface area contributed by atoms with Crippen LogP contribution < -0.4 is 5.73 Å². The van der Waals surface area contributed by atoms with Gasteiger partial charge in [0, 0.05) is 4.47 Å². The molecule has 0 amide bonds. The highest BCUT2D eigenvalue weighted by Gasteiger charge is 2.25. The monoisotopic (exact) mass is 307 g/mol. The SMILES string of the molecule is NC(CC(=O)O)S(=O)(=O)c1ccc(Br)cc1. The van der Waals surface area contributed by atoms with E-state index in [2.05, 4.69) is 15.9 Å². The van der Waals surface area contributed by atoms with Gasteiger partial charge < -0.3 is 10.8 Å². The maximum atomic E-state index is 11.8. The molecule has 88 valence electrons. The van der Waals surface area contributed by atoms with Crippen LogP contribution in [-0.4, -0.2) is 24.9 Å². The van der Waals surface area contributed by atoms with Crippen LogP contribution in [0, 0.1) is 0 Å². The summed E-state index contributed by atoms with van der Waals surface area (Å²) in [7, 11) is -3.77. The van der Waals surface area contributed by atoms with Crippen LogP contribution in [0.5, 0.6) is 0 Å². The third-order valence-electron chi connectivity index (χ3n) is 1.92. The summed E-state index contributed by atoms with van der Waals surface area (Å²) in [5.74, 6) is -1.24. The lowest BCUT2D eigenvalue weighted by atomic mass is 10.4. The van der Waals surface area contributed by atoms with Crippen molar-refractivity contribution in [3.05, 3.63) is 28.7 Å². The molecule has 0 aliphatic rings. The Morgan fingerprint density at radius 3 is 2.31 bits per heavy atom. The van der Waals surface area contributed by atoms with Gasteiger partial charge in [-0.2, -0.15) is 0 Å². The van der Waals surface area contributed by atoms with Crippen molar-refractivity contribution in [2.45, 2.75) is 16.7 Å². The summed E-state index contributed by atoms with van der Waals surface area (Å²) in [5.41, 5.74) is 5.34. The van der Waals surface area contributed by atoms with Crippen molar-refractivity contribution in [3.8, 4) is 0 Å². The van der Waals surface area contributed by atoms with Gasteiger partial charge in [-0.1, -0.05) is 15.9 Å². The largest absolute Gasteiger partial charge is 0.481 e. The van der Waals surface area contributed by atoms with Gasteiger partial charge in [0.05, 0.1) is 11.3 Å². The van der Waals surface area contributed by atoms with E-state index in [4.69, 9.17) is 10.8 Å². The molecule has 0 bridgehead atoms. The van der Waals surface area contributed by atoms with Gasteiger partial charge in [0.25, 0.3) is 0 Å². The van der Waals surface area contributed by atoms with E-state index in [0.717, 1.165) is 4.47 Å². The highest BCUT2D eigenvalue weighted by molar-refractivity contribution is 9.10. The van der Waals surface area contributed by atoms with E-state index in [1.54, 1.807) is 12.1 Å². The summed E-state index contributed by atoms with van der Waals surface area (Å²) in [5, 5.41) is 7.06. The summed E-state index contributed by atoms with van der Waals surface area (Å²) in [6, 6.07) is 5.86. The molecule has 1 rings (SSSR count). The van der Waals surface area contributed by atoms with Crippen LogP contribution in [0.1, 0.15) is 6.42 Å². The van der Waals surface area contributed by atoms with Crippen LogP contribution in [0.3, 0.4) is 0 Å². The summed E-state index contributed by atoms with van der Waals surface area (Å²) >= 11 is 3.17. The van der Waals surface area contributed by atoms with Crippen LogP contribution in [0.4, 0.5) is 0 Å². The number of sulfone groups is 1. The fourth-order valence-corrected chi connectivity index (χ4v) is 2.57. The van der Waals surface area contributed by atoms with E-state index in [0.29, 0.717) is 0 Å². The molecule has 0 aliphatic heterocycles. The van der Waals surface area contributed by atoms with Crippen molar-refractivity contribution in [2.24, 2.45) is 5.73 Å². The molecule has 1 unspecified atom stereocenters. The molecule has 0 saturated heterocycles.